The molecule has 2 radical (unpaired) electrons. The second kappa shape index (κ2) is 9.39. The highest BCUT2D eigenvalue weighted by Crippen LogP contribution is 2.29. The molecular weight excluding hydrogens is 331 g/mol. The minimum absolute atomic E-state index is 0.0185. The van der Waals surface area contributed by atoms with Gasteiger partial charge in [-0.15, -0.1) is 0 Å². The van der Waals surface area contributed by atoms with E-state index in [-0.39, 0.29) is 12.4 Å². The summed E-state index contributed by atoms with van der Waals surface area (Å²) in [4.78, 5) is 13.9. The Morgan fingerprint density at radius 1 is 1.31 bits per heavy atom. The number of aliphatic hydroxyl groups excluding tert-OH is 1. The molecule has 0 fully saturated rings. The number of carboxylic acids is 1. The molecular formula is C19H29BN2O4. The highest BCUT2D eigenvalue weighted by atomic mass is 16.4. The molecule has 1 aromatic rings. The molecule has 0 saturated heterocycles. The van der Waals surface area contributed by atoms with Gasteiger partial charge in [-0.05, 0) is 67.7 Å². The Balaban J connectivity index is 1.80. The summed E-state index contributed by atoms with van der Waals surface area (Å²) in [7, 11) is 5.98. The Morgan fingerprint density at radius 2 is 2.08 bits per heavy atom. The third kappa shape index (κ3) is 5.22. The molecule has 26 heavy (non-hydrogen) atoms. The van der Waals surface area contributed by atoms with Gasteiger partial charge in [0.2, 0.25) is 0 Å². The van der Waals surface area contributed by atoms with Crippen LogP contribution in [0.25, 0.3) is 0 Å². The smallest absolute Gasteiger partial charge is 0.323 e. The van der Waals surface area contributed by atoms with Crippen LogP contribution in [0.3, 0.4) is 0 Å². The number of rotatable bonds is 10. The normalized spacial score (nSPS) is 18.1. The fourth-order valence-electron chi connectivity index (χ4n) is 3.57. The number of benzene rings is 1. The Labute approximate surface area is 156 Å². The fraction of sp³-hybridized carbons (Fsp3) is 0.632. The molecule has 142 valence electrons. The summed E-state index contributed by atoms with van der Waals surface area (Å²) in [5.41, 5.74) is 7.06. The molecule has 6 nitrogen and oxygen atoms in total. The standard InChI is InChI=1S/C19H29BN2O4/c20-17(4-3-11-23)19(21,18(25)26)8-1-2-9-22-10-7-14-5-6-16(24)12-15(14)13-22/h5-6,12,17,23-24H,1-4,7-11,13,21H2,(H,25,26). The van der Waals surface area contributed by atoms with E-state index >= 15 is 0 Å². The van der Waals surface area contributed by atoms with Crippen LogP contribution in [0.1, 0.15) is 43.2 Å². The number of carboxylic acid groups (broad SMARTS) is 1. The second-order valence-corrected chi connectivity index (χ2v) is 7.25. The van der Waals surface area contributed by atoms with E-state index in [4.69, 9.17) is 18.7 Å². The molecule has 0 aliphatic carbocycles. The largest absolute Gasteiger partial charge is 0.508 e. The predicted octanol–water partition coefficient (Wildman–Crippen LogP) is 1.43. The number of aliphatic hydroxyl groups is 1. The van der Waals surface area contributed by atoms with Gasteiger partial charge in [0.25, 0.3) is 0 Å². The molecule has 1 aliphatic heterocycles. The molecule has 0 saturated carbocycles. The second-order valence-electron chi connectivity index (χ2n) is 7.25. The molecule has 2 rings (SSSR count). The topological polar surface area (TPSA) is 107 Å². The van der Waals surface area contributed by atoms with E-state index < -0.39 is 17.3 Å². The van der Waals surface area contributed by atoms with E-state index in [1.54, 1.807) is 6.07 Å². The number of nitrogens with two attached hydrogens (primary N) is 1. The van der Waals surface area contributed by atoms with Crippen LogP contribution >= 0.6 is 0 Å². The van der Waals surface area contributed by atoms with E-state index in [9.17, 15) is 15.0 Å². The molecule has 0 spiro atoms. The fourth-order valence-corrected chi connectivity index (χ4v) is 3.57. The molecule has 2 atom stereocenters. The molecule has 1 aliphatic rings. The molecule has 1 aromatic carbocycles. The van der Waals surface area contributed by atoms with Gasteiger partial charge < -0.3 is 21.1 Å². The van der Waals surface area contributed by atoms with E-state index in [1.165, 1.54) is 5.56 Å². The van der Waals surface area contributed by atoms with Gasteiger partial charge in [0.1, 0.15) is 11.3 Å². The first-order valence-electron chi connectivity index (χ1n) is 9.28. The Hall–Kier alpha value is -1.57. The third-order valence-corrected chi connectivity index (χ3v) is 5.33. The molecule has 7 heteroatoms. The van der Waals surface area contributed by atoms with Crippen molar-refractivity contribution in [2.45, 2.75) is 56.4 Å². The van der Waals surface area contributed by atoms with Crippen molar-refractivity contribution in [3.63, 3.8) is 0 Å². The van der Waals surface area contributed by atoms with Crippen LogP contribution in [0.2, 0.25) is 5.82 Å². The SMILES string of the molecule is [B]C(CCCO)C(N)(CCCCN1CCc2ccc(O)cc2C1)C(=O)O. The van der Waals surface area contributed by atoms with Gasteiger partial charge in [0.15, 0.2) is 0 Å². The number of aliphatic carboxylic acids is 1. The zero-order chi connectivity index (χ0) is 19.2. The van der Waals surface area contributed by atoms with Crippen molar-refractivity contribution in [2.75, 3.05) is 19.7 Å². The van der Waals surface area contributed by atoms with Crippen molar-refractivity contribution >= 4 is 13.8 Å². The van der Waals surface area contributed by atoms with Crippen molar-refractivity contribution in [1.82, 2.24) is 4.90 Å². The van der Waals surface area contributed by atoms with Crippen molar-refractivity contribution in [3.05, 3.63) is 29.3 Å². The quantitative estimate of drug-likeness (QED) is 0.372. The first-order chi connectivity index (χ1) is 12.4. The highest BCUT2D eigenvalue weighted by Gasteiger charge is 2.38. The van der Waals surface area contributed by atoms with Crippen molar-refractivity contribution in [3.8, 4) is 5.75 Å². The minimum Gasteiger partial charge on any atom is -0.508 e. The number of unbranched alkanes of at least 4 members (excludes halogenated alkanes) is 1. The number of hydrogen-bond acceptors (Lipinski definition) is 5. The lowest BCUT2D eigenvalue weighted by molar-refractivity contribution is -0.144. The Morgan fingerprint density at radius 3 is 2.77 bits per heavy atom. The van der Waals surface area contributed by atoms with Gasteiger partial charge in [-0.1, -0.05) is 12.5 Å². The maximum absolute atomic E-state index is 11.6. The summed E-state index contributed by atoms with van der Waals surface area (Å²) in [5, 5.41) is 28.0. The molecule has 1 heterocycles. The zero-order valence-corrected chi connectivity index (χ0v) is 15.2. The van der Waals surface area contributed by atoms with Crippen LogP contribution in [0.5, 0.6) is 5.75 Å². The Bertz CT molecular complexity index is 613. The predicted molar refractivity (Wildman–Crippen MR) is 101 cm³/mol. The van der Waals surface area contributed by atoms with Gasteiger partial charge in [-0.3, -0.25) is 9.69 Å². The molecule has 0 aromatic heterocycles. The van der Waals surface area contributed by atoms with Gasteiger partial charge in [-0.25, -0.2) is 0 Å². The molecule has 0 bridgehead atoms. The average Bonchev–Trinajstić information content (AvgIpc) is 2.62. The minimum atomic E-state index is -1.45. The van der Waals surface area contributed by atoms with Gasteiger partial charge in [0.05, 0.1) is 7.85 Å². The van der Waals surface area contributed by atoms with E-state index in [0.29, 0.717) is 25.7 Å². The van der Waals surface area contributed by atoms with Gasteiger partial charge >= 0.3 is 5.97 Å². The first kappa shape index (κ1) is 20.7. The van der Waals surface area contributed by atoms with E-state index in [2.05, 4.69) is 4.90 Å². The van der Waals surface area contributed by atoms with Gasteiger partial charge in [0, 0.05) is 19.7 Å². The summed E-state index contributed by atoms with van der Waals surface area (Å²) in [6.45, 7) is 2.60. The zero-order valence-electron chi connectivity index (χ0n) is 15.2. The number of fused-ring (bicyclic) bond motifs is 1. The van der Waals surface area contributed by atoms with Crippen molar-refractivity contribution in [2.24, 2.45) is 5.73 Å². The van der Waals surface area contributed by atoms with Crippen molar-refractivity contribution in [1.29, 1.82) is 0 Å². The summed E-state index contributed by atoms with van der Waals surface area (Å²) < 4.78 is 0. The molecule has 0 amide bonds. The summed E-state index contributed by atoms with van der Waals surface area (Å²) in [6.07, 6.45) is 3.64. The molecule has 2 unspecified atom stereocenters. The number of aromatic hydroxyl groups is 1. The lowest BCUT2D eigenvalue weighted by atomic mass is 9.67. The monoisotopic (exact) mass is 360 g/mol. The van der Waals surface area contributed by atoms with Crippen molar-refractivity contribution < 1.29 is 20.1 Å². The number of phenols is 1. The maximum Gasteiger partial charge on any atom is 0.323 e. The number of phenolic OH excluding ortho intramolecular Hbond substituents is 1. The number of carbonyl (C=O) groups is 1. The highest BCUT2D eigenvalue weighted by molar-refractivity contribution is 6.15. The summed E-state index contributed by atoms with van der Waals surface area (Å²) in [5.74, 6) is -1.46. The van der Waals surface area contributed by atoms with E-state index in [0.717, 1.165) is 38.0 Å². The maximum atomic E-state index is 11.6. The van der Waals surface area contributed by atoms with Gasteiger partial charge in [-0.2, -0.15) is 0 Å². The summed E-state index contributed by atoms with van der Waals surface area (Å²) in [6, 6.07) is 5.52. The Kier molecular flexibility index (Phi) is 7.49. The van der Waals surface area contributed by atoms with Crippen LogP contribution in [0, 0.1) is 0 Å². The van der Waals surface area contributed by atoms with Crippen LogP contribution in [0.15, 0.2) is 18.2 Å². The average molecular weight is 360 g/mol. The van der Waals surface area contributed by atoms with Crippen LogP contribution < -0.4 is 5.73 Å². The third-order valence-electron chi connectivity index (χ3n) is 5.33. The van der Waals surface area contributed by atoms with Crippen LogP contribution in [-0.4, -0.2) is 59.3 Å². The lowest BCUT2D eigenvalue weighted by Crippen LogP contribution is -2.52. The van der Waals surface area contributed by atoms with E-state index in [1.807, 2.05) is 12.1 Å². The number of hydrogen-bond donors (Lipinski definition) is 4. The molecule has 5 N–H and O–H groups in total. The van der Waals surface area contributed by atoms with Crippen LogP contribution in [-0.2, 0) is 17.8 Å². The number of nitrogens with zero attached hydrogens (tertiary/aromatic N) is 1. The lowest BCUT2D eigenvalue weighted by Gasteiger charge is -2.33. The first-order valence-corrected chi connectivity index (χ1v) is 9.28. The summed E-state index contributed by atoms with van der Waals surface area (Å²) >= 11 is 0. The van der Waals surface area contributed by atoms with Crippen LogP contribution in [0.4, 0.5) is 0 Å².